The largest absolute Gasteiger partial charge is 0.512 e. The Morgan fingerprint density at radius 1 is 1.07 bits per heavy atom. The number of ketones is 1. The molecule has 30 heavy (non-hydrogen) atoms. The molecule has 1 unspecified atom stereocenters. The van der Waals surface area contributed by atoms with Crippen molar-refractivity contribution in [3.63, 3.8) is 0 Å². The first kappa shape index (κ1) is 20.0. The fourth-order valence-electron chi connectivity index (χ4n) is 4.33. The summed E-state index contributed by atoms with van der Waals surface area (Å²) in [7, 11) is 2.90. The van der Waals surface area contributed by atoms with Gasteiger partial charge in [-0.2, -0.15) is 0 Å². The SMILES string of the molecule is COC(=O)C1=C(O)CCC2(C1)Cc1ccc(OCc3ccc(OC)cc3)cc1C2=O. The molecule has 0 amide bonds. The van der Waals surface area contributed by atoms with Crippen molar-refractivity contribution in [1.82, 2.24) is 0 Å². The number of Topliss-reactive ketones (excluding diaryl/α,β-unsaturated/α-hetero) is 1. The van der Waals surface area contributed by atoms with Gasteiger partial charge in [0.2, 0.25) is 0 Å². The molecule has 1 N–H and O–H groups in total. The molecule has 6 heteroatoms. The van der Waals surface area contributed by atoms with Gasteiger partial charge in [-0.05, 0) is 54.7 Å². The molecule has 2 aliphatic rings. The molecule has 2 aliphatic carbocycles. The minimum Gasteiger partial charge on any atom is -0.512 e. The van der Waals surface area contributed by atoms with Gasteiger partial charge in [0.25, 0.3) is 0 Å². The van der Waals surface area contributed by atoms with Crippen molar-refractivity contribution in [2.45, 2.75) is 32.3 Å². The lowest BCUT2D eigenvalue weighted by molar-refractivity contribution is -0.136. The van der Waals surface area contributed by atoms with Gasteiger partial charge in [-0.1, -0.05) is 18.2 Å². The smallest absolute Gasteiger partial charge is 0.337 e. The second-order valence-corrected chi connectivity index (χ2v) is 7.84. The van der Waals surface area contributed by atoms with Gasteiger partial charge in [0.05, 0.1) is 19.8 Å². The van der Waals surface area contributed by atoms with Gasteiger partial charge < -0.3 is 19.3 Å². The maximum atomic E-state index is 13.3. The molecule has 6 nitrogen and oxygen atoms in total. The lowest BCUT2D eigenvalue weighted by Gasteiger charge is -2.32. The molecule has 1 spiro atoms. The van der Waals surface area contributed by atoms with Crippen LogP contribution >= 0.6 is 0 Å². The number of carbonyl (C=O) groups excluding carboxylic acids is 2. The monoisotopic (exact) mass is 408 g/mol. The lowest BCUT2D eigenvalue weighted by atomic mass is 9.70. The predicted octanol–water partition coefficient (Wildman–Crippen LogP) is 4.17. The second-order valence-electron chi connectivity index (χ2n) is 7.84. The van der Waals surface area contributed by atoms with Crippen LogP contribution < -0.4 is 9.47 Å². The Morgan fingerprint density at radius 3 is 2.50 bits per heavy atom. The number of aliphatic hydroxyl groups excluding tert-OH is 1. The molecule has 156 valence electrons. The molecule has 2 aromatic rings. The van der Waals surface area contributed by atoms with Gasteiger partial charge in [-0.15, -0.1) is 0 Å². The highest BCUT2D eigenvalue weighted by Crippen LogP contribution is 2.49. The molecule has 4 rings (SSSR count). The van der Waals surface area contributed by atoms with Gasteiger partial charge in [-0.3, -0.25) is 4.79 Å². The average Bonchev–Trinajstić information content (AvgIpc) is 3.04. The standard InChI is InChI=1S/C24H24O6/c1-28-17-6-3-15(4-7-17)14-30-18-8-5-16-12-24(22(26)19(16)11-18)10-9-21(25)20(13-24)23(27)29-2/h3-8,11,25H,9-10,12-14H2,1-2H3. The van der Waals surface area contributed by atoms with Crippen LogP contribution in [-0.4, -0.2) is 31.1 Å². The van der Waals surface area contributed by atoms with Crippen molar-refractivity contribution in [2.75, 3.05) is 14.2 Å². The summed E-state index contributed by atoms with van der Waals surface area (Å²) in [4.78, 5) is 25.3. The number of benzene rings is 2. The van der Waals surface area contributed by atoms with E-state index < -0.39 is 11.4 Å². The van der Waals surface area contributed by atoms with Crippen molar-refractivity contribution >= 4 is 11.8 Å². The van der Waals surface area contributed by atoms with Crippen LogP contribution in [0.3, 0.4) is 0 Å². The number of hydrogen-bond acceptors (Lipinski definition) is 6. The molecule has 0 aromatic heterocycles. The first-order valence-corrected chi connectivity index (χ1v) is 9.88. The Balaban J connectivity index is 1.51. The number of hydrogen-bond donors (Lipinski definition) is 1. The molecular weight excluding hydrogens is 384 g/mol. The summed E-state index contributed by atoms with van der Waals surface area (Å²) in [5.74, 6) is 0.864. The maximum Gasteiger partial charge on any atom is 0.337 e. The Hall–Kier alpha value is -3.28. The average molecular weight is 408 g/mol. The Kier molecular flexibility index (Phi) is 5.24. The first-order valence-electron chi connectivity index (χ1n) is 9.88. The van der Waals surface area contributed by atoms with Gasteiger partial charge in [-0.25, -0.2) is 4.79 Å². The van der Waals surface area contributed by atoms with E-state index in [4.69, 9.17) is 14.2 Å². The molecule has 0 saturated carbocycles. The zero-order valence-corrected chi connectivity index (χ0v) is 17.1. The van der Waals surface area contributed by atoms with Crippen molar-refractivity contribution in [3.8, 4) is 11.5 Å². The highest BCUT2D eigenvalue weighted by molar-refractivity contribution is 6.06. The van der Waals surface area contributed by atoms with Gasteiger partial charge in [0.15, 0.2) is 5.78 Å². The molecule has 0 bridgehead atoms. The van der Waals surface area contributed by atoms with Gasteiger partial charge in [0, 0.05) is 17.4 Å². The second kappa shape index (κ2) is 7.86. The van der Waals surface area contributed by atoms with Crippen LogP contribution in [-0.2, 0) is 22.6 Å². The van der Waals surface area contributed by atoms with Crippen LogP contribution in [0, 0.1) is 5.41 Å². The summed E-state index contributed by atoms with van der Waals surface area (Å²) in [5, 5.41) is 10.1. The molecular formula is C24H24O6. The summed E-state index contributed by atoms with van der Waals surface area (Å²) in [6, 6.07) is 13.2. The van der Waals surface area contributed by atoms with Crippen LogP contribution in [0.5, 0.6) is 11.5 Å². The Morgan fingerprint density at radius 2 is 1.80 bits per heavy atom. The third kappa shape index (κ3) is 3.54. The Bertz CT molecular complexity index is 1020. The minimum atomic E-state index is -0.702. The summed E-state index contributed by atoms with van der Waals surface area (Å²) in [5.41, 5.74) is 2.08. The highest BCUT2D eigenvalue weighted by atomic mass is 16.5. The summed E-state index contributed by atoms with van der Waals surface area (Å²) < 4.78 is 15.8. The summed E-state index contributed by atoms with van der Waals surface area (Å²) in [6.45, 7) is 0.380. The highest BCUT2D eigenvalue weighted by Gasteiger charge is 2.49. The van der Waals surface area contributed by atoms with Crippen molar-refractivity contribution in [2.24, 2.45) is 5.41 Å². The molecule has 1 atom stereocenters. The van der Waals surface area contributed by atoms with Gasteiger partial charge >= 0.3 is 5.97 Å². The molecule has 0 saturated heterocycles. The fraction of sp³-hybridized carbons (Fsp3) is 0.333. The van der Waals surface area contributed by atoms with Gasteiger partial charge in [0.1, 0.15) is 23.9 Å². The zero-order valence-electron chi connectivity index (χ0n) is 17.1. The van der Waals surface area contributed by atoms with Crippen LogP contribution in [0.2, 0.25) is 0 Å². The zero-order chi connectivity index (χ0) is 21.3. The number of rotatable bonds is 5. The number of carbonyl (C=O) groups is 2. The number of allylic oxidation sites excluding steroid dienone is 1. The summed E-state index contributed by atoms with van der Waals surface area (Å²) >= 11 is 0. The minimum absolute atomic E-state index is 0.00120. The number of esters is 1. The van der Waals surface area contributed by atoms with Crippen molar-refractivity contribution in [1.29, 1.82) is 0 Å². The van der Waals surface area contributed by atoms with Crippen LogP contribution in [0.1, 0.15) is 40.7 Å². The van der Waals surface area contributed by atoms with E-state index in [1.165, 1.54) is 7.11 Å². The van der Waals surface area contributed by atoms with E-state index in [0.29, 0.717) is 37.2 Å². The maximum absolute atomic E-state index is 13.3. The third-order valence-corrected chi connectivity index (χ3v) is 6.04. The van der Waals surface area contributed by atoms with Crippen LogP contribution in [0.25, 0.3) is 0 Å². The van der Waals surface area contributed by atoms with E-state index in [-0.39, 0.29) is 23.5 Å². The molecule has 0 aliphatic heterocycles. The normalized spacial score (nSPS) is 20.3. The fourth-order valence-corrected chi connectivity index (χ4v) is 4.33. The van der Waals surface area contributed by atoms with Crippen molar-refractivity contribution < 1.29 is 28.9 Å². The van der Waals surface area contributed by atoms with E-state index >= 15 is 0 Å². The molecule has 0 fully saturated rings. The predicted molar refractivity (Wildman–Crippen MR) is 110 cm³/mol. The third-order valence-electron chi connectivity index (χ3n) is 6.04. The number of ether oxygens (including phenoxy) is 3. The van der Waals surface area contributed by atoms with Crippen LogP contribution in [0.15, 0.2) is 53.8 Å². The van der Waals surface area contributed by atoms with E-state index in [0.717, 1.165) is 16.9 Å². The molecule has 0 heterocycles. The molecule has 2 aromatic carbocycles. The van der Waals surface area contributed by atoms with E-state index in [9.17, 15) is 14.7 Å². The number of methoxy groups -OCH3 is 2. The topological polar surface area (TPSA) is 82.1 Å². The molecule has 0 radical (unpaired) electrons. The Labute approximate surface area is 175 Å². The van der Waals surface area contributed by atoms with Crippen LogP contribution in [0.4, 0.5) is 0 Å². The summed E-state index contributed by atoms with van der Waals surface area (Å²) in [6.07, 6.45) is 1.55. The number of fused-ring (bicyclic) bond motifs is 1. The number of aliphatic hydroxyl groups is 1. The van der Waals surface area contributed by atoms with E-state index in [1.54, 1.807) is 13.2 Å². The quantitative estimate of drug-likeness (QED) is 0.748. The first-order chi connectivity index (χ1) is 14.5. The van der Waals surface area contributed by atoms with E-state index in [2.05, 4.69) is 0 Å². The van der Waals surface area contributed by atoms with Crippen molar-refractivity contribution in [3.05, 3.63) is 70.5 Å². The van der Waals surface area contributed by atoms with E-state index in [1.807, 2.05) is 36.4 Å². The lowest BCUT2D eigenvalue weighted by Crippen LogP contribution is -2.33.